The first-order chi connectivity index (χ1) is 24.0. The Hall–Kier alpha value is -4.13. The van der Waals surface area contributed by atoms with E-state index in [1.54, 1.807) is 22.7 Å². The van der Waals surface area contributed by atoms with E-state index in [-0.39, 0.29) is 18.6 Å². The number of aromatic nitrogens is 5. The molecule has 1 saturated heterocycles. The van der Waals surface area contributed by atoms with Crippen LogP contribution in [-0.2, 0) is 26.1 Å². The van der Waals surface area contributed by atoms with Gasteiger partial charge in [-0.05, 0) is 97.6 Å². The van der Waals surface area contributed by atoms with Crippen molar-refractivity contribution >= 4 is 56.4 Å². The van der Waals surface area contributed by atoms with Crippen LogP contribution in [-0.4, -0.2) is 72.6 Å². The summed E-state index contributed by atoms with van der Waals surface area (Å²) in [4.78, 5) is 43.0. The second-order valence-corrected chi connectivity index (χ2v) is 16.3. The molecule has 1 fully saturated rings. The number of rotatable bonds is 7. The van der Waals surface area contributed by atoms with E-state index < -0.39 is 23.3 Å². The maximum Gasteiger partial charge on any atom is 0.410 e. The molecular weight excluding hydrogens is 688 g/mol. The second kappa shape index (κ2) is 14.1. The lowest BCUT2D eigenvalue weighted by Crippen LogP contribution is -2.41. The predicted octanol–water partition coefficient (Wildman–Crippen LogP) is 8.80. The number of halogens is 1. The standard InChI is InChI=1S/C38H45ClN6O5S/c1-10-48-35(46)31(49-37(3,4)5)27-21(2)19-25-32(28(27)22-11-13-24(39)14-12-22)51-34(42-25)26-20-40-33-30(41-26)29(43-44(33)9)23-15-17-45(18-16-23)36(47)50-38(6,7)8/h11-14,19-20,23,31H,10,15-18H2,1-9H3/t31-/m0/s1. The van der Waals surface area contributed by atoms with Crippen LogP contribution in [0.5, 0.6) is 0 Å². The van der Waals surface area contributed by atoms with Crippen LogP contribution in [0.15, 0.2) is 36.5 Å². The highest BCUT2D eigenvalue weighted by Crippen LogP contribution is 2.45. The number of hydrogen-bond donors (Lipinski definition) is 0. The monoisotopic (exact) mass is 732 g/mol. The van der Waals surface area contributed by atoms with Crippen molar-refractivity contribution in [1.29, 1.82) is 0 Å². The van der Waals surface area contributed by atoms with Crippen LogP contribution in [0.2, 0.25) is 5.02 Å². The number of aryl methyl sites for hydroxylation is 2. The lowest BCUT2D eigenvalue weighted by atomic mass is 9.91. The van der Waals surface area contributed by atoms with Crippen molar-refractivity contribution in [3.05, 3.63) is 58.4 Å². The molecule has 1 aliphatic rings. The number of piperidine rings is 1. The first-order valence-corrected chi connectivity index (χ1v) is 18.4. The fraction of sp³-hybridized carbons (Fsp3) is 0.474. The highest BCUT2D eigenvalue weighted by molar-refractivity contribution is 7.22. The maximum absolute atomic E-state index is 13.5. The van der Waals surface area contributed by atoms with Gasteiger partial charge in [0, 0.05) is 42.2 Å². The van der Waals surface area contributed by atoms with E-state index in [4.69, 9.17) is 45.9 Å². The second-order valence-electron chi connectivity index (χ2n) is 14.9. The van der Waals surface area contributed by atoms with Crippen LogP contribution in [0.1, 0.15) is 90.2 Å². The average molecular weight is 733 g/mol. The Kier molecular flexibility index (Phi) is 10.1. The fourth-order valence-corrected chi connectivity index (χ4v) is 7.65. The summed E-state index contributed by atoms with van der Waals surface area (Å²) in [6.45, 7) is 16.5. The molecule has 2 aromatic carbocycles. The van der Waals surface area contributed by atoms with E-state index in [0.29, 0.717) is 34.5 Å². The van der Waals surface area contributed by atoms with Gasteiger partial charge in [0.1, 0.15) is 21.8 Å². The molecule has 0 unspecified atom stereocenters. The average Bonchev–Trinajstić information content (AvgIpc) is 3.63. The summed E-state index contributed by atoms with van der Waals surface area (Å²) in [7, 11) is 1.87. The normalized spacial score (nSPS) is 15.1. The summed E-state index contributed by atoms with van der Waals surface area (Å²) in [6.07, 6.45) is 1.95. The number of likely N-dealkylation sites (tertiary alicyclic amines) is 1. The Morgan fingerprint density at radius 3 is 2.35 bits per heavy atom. The molecule has 3 aromatic heterocycles. The van der Waals surface area contributed by atoms with E-state index in [9.17, 15) is 9.59 Å². The minimum atomic E-state index is -0.971. The van der Waals surface area contributed by atoms with Gasteiger partial charge in [-0.1, -0.05) is 23.7 Å². The van der Waals surface area contributed by atoms with E-state index in [0.717, 1.165) is 56.5 Å². The highest BCUT2D eigenvalue weighted by atomic mass is 35.5. The van der Waals surface area contributed by atoms with Crippen LogP contribution < -0.4 is 0 Å². The van der Waals surface area contributed by atoms with Crippen molar-refractivity contribution in [1.82, 2.24) is 29.6 Å². The molecule has 51 heavy (non-hydrogen) atoms. The van der Waals surface area contributed by atoms with Crippen molar-refractivity contribution in [2.45, 2.75) is 91.5 Å². The van der Waals surface area contributed by atoms with Crippen LogP contribution in [0.4, 0.5) is 4.79 Å². The zero-order chi connectivity index (χ0) is 36.8. The largest absolute Gasteiger partial charge is 0.464 e. The number of esters is 1. The predicted molar refractivity (Wildman–Crippen MR) is 200 cm³/mol. The topological polar surface area (TPSA) is 122 Å². The molecule has 13 heteroatoms. The number of carbonyl (C=O) groups is 2. The van der Waals surface area contributed by atoms with E-state index in [1.807, 2.05) is 85.8 Å². The number of hydrogen-bond acceptors (Lipinski definition) is 10. The molecule has 1 amide bonds. The van der Waals surface area contributed by atoms with Crippen molar-refractivity contribution in [2.75, 3.05) is 19.7 Å². The number of benzene rings is 2. The molecule has 0 spiro atoms. The molecule has 0 N–H and O–H groups in total. The Bertz CT molecular complexity index is 2090. The van der Waals surface area contributed by atoms with Gasteiger partial charge in [-0.15, -0.1) is 11.3 Å². The summed E-state index contributed by atoms with van der Waals surface area (Å²) in [6, 6.07) is 9.55. The first kappa shape index (κ1) is 36.7. The molecule has 0 saturated carbocycles. The number of thiazole rings is 1. The van der Waals surface area contributed by atoms with Crippen LogP contribution in [0, 0.1) is 6.92 Å². The quantitative estimate of drug-likeness (QED) is 0.151. The fourth-order valence-electron chi connectivity index (χ4n) is 6.45. The van der Waals surface area contributed by atoms with Gasteiger partial charge in [-0.2, -0.15) is 5.10 Å². The first-order valence-electron chi connectivity index (χ1n) is 17.3. The maximum atomic E-state index is 13.5. The van der Waals surface area contributed by atoms with Gasteiger partial charge in [-0.25, -0.2) is 29.2 Å². The minimum absolute atomic E-state index is 0.108. The Morgan fingerprint density at radius 1 is 1.04 bits per heavy atom. The number of amides is 1. The lowest BCUT2D eigenvalue weighted by Gasteiger charge is -2.32. The van der Waals surface area contributed by atoms with Crippen molar-refractivity contribution in [3.8, 4) is 21.8 Å². The summed E-state index contributed by atoms with van der Waals surface area (Å²) >= 11 is 7.81. The summed E-state index contributed by atoms with van der Waals surface area (Å²) in [5.41, 5.74) is 5.76. The molecule has 6 rings (SSSR count). The summed E-state index contributed by atoms with van der Waals surface area (Å²) in [5.74, 6) is -0.344. The van der Waals surface area contributed by atoms with Crippen LogP contribution in [0.3, 0.4) is 0 Å². The molecule has 11 nitrogen and oxygen atoms in total. The molecule has 5 aromatic rings. The zero-order valence-corrected chi connectivity index (χ0v) is 32.2. The third-order valence-electron chi connectivity index (χ3n) is 8.61. The number of carbonyl (C=O) groups excluding carboxylic acids is 2. The van der Waals surface area contributed by atoms with Crippen LogP contribution >= 0.6 is 22.9 Å². The smallest absolute Gasteiger partial charge is 0.410 e. The van der Waals surface area contributed by atoms with E-state index in [1.165, 1.54) is 11.3 Å². The number of fused-ring (bicyclic) bond motifs is 2. The van der Waals surface area contributed by atoms with Gasteiger partial charge < -0.3 is 19.1 Å². The summed E-state index contributed by atoms with van der Waals surface area (Å²) < 4.78 is 20.2. The summed E-state index contributed by atoms with van der Waals surface area (Å²) in [5, 5.41) is 6.15. The Morgan fingerprint density at radius 2 is 1.73 bits per heavy atom. The molecule has 1 aliphatic heterocycles. The minimum Gasteiger partial charge on any atom is -0.464 e. The third kappa shape index (κ3) is 7.88. The molecule has 0 radical (unpaired) electrons. The van der Waals surface area contributed by atoms with Gasteiger partial charge in [0.25, 0.3) is 0 Å². The Balaban J connectivity index is 1.43. The van der Waals surface area contributed by atoms with E-state index in [2.05, 4.69) is 0 Å². The van der Waals surface area contributed by atoms with Crippen molar-refractivity contribution in [2.24, 2.45) is 7.05 Å². The molecule has 0 bridgehead atoms. The highest BCUT2D eigenvalue weighted by Gasteiger charge is 2.34. The molecular formula is C38H45ClN6O5S. The molecule has 1 atom stereocenters. The van der Waals surface area contributed by atoms with Crippen LogP contribution in [0.25, 0.3) is 43.2 Å². The van der Waals surface area contributed by atoms with Gasteiger partial charge in [0.2, 0.25) is 0 Å². The van der Waals surface area contributed by atoms with Crippen molar-refractivity contribution in [3.63, 3.8) is 0 Å². The van der Waals surface area contributed by atoms with Gasteiger partial charge in [-0.3, -0.25) is 0 Å². The SMILES string of the molecule is CCOC(=O)[C@@H](OC(C)(C)C)c1c(C)cc2nc(-c3cnc4c(n3)c(C3CCN(C(=O)OC(C)(C)C)CC3)nn4C)sc2c1-c1ccc(Cl)cc1. The van der Waals surface area contributed by atoms with E-state index >= 15 is 0 Å². The molecule has 0 aliphatic carbocycles. The lowest BCUT2D eigenvalue weighted by molar-refractivity contribution is -0.166. The number of ether oxygens (including phenoxy) is 3. The van der Waals surface area contributed by atoms with Gasteiger partial charge in [0.05, 0.1) is 34.3 Å². The van der Waals surface area contributed by atoms with Gasteiger partial charge >= 0.3 is 12.1 Å². The van der Waals surface area contributed by atoms with Gasteiger partial charge in [0.15, 0.2) is 11.8 Å². The van der Waals surface area contributed by atoms with Crippen molar-refractivity contribution < 1.29 is 23.8 Å². The Labute approximate surface area is 307 Å². The molecule has 270 valence electrons. The third-order valence-corrected chi connectivity index (χ3v) is 9.97. The molecule has 4 heterocycles. The zero-order valence-electron chi connectivity index (χ0n) is 30.7. The number of nitrogens with zero attached hydrogens (tertiary/aromatic N) is 6.